The van der Waals surface area contributed by atoms with Gasteiger partial charge < -0.3 is 15.4 Å². The van der Waals surface area contributed by atoms with Crippen LogP contribution in [0.2, 0.25) is 0 Å². The summed E-state index contributed by atoms with van der Waals surface area (Å²) in [6.45, 7) is 5.05. The van der Waals surface area contributed by atoms with Gasteiger partial charge in [-0.3, -0.25) is 4.79 Å². The normalized spacial score (nSPS) is 19.6. The van der Waals surface area contributed by atoms with Gasteiger partial charge in [-0.05, 0) is 57.5 Å². The van der Waals surface area contributed by atoms with Gasteiger partial charge in [-0.2, -0.15) is 0 Å². The van der Waals surface area contributed by atoms with Crippen molar-refractivity contribution in [3.63, 3.8) is 0 Å². The molecule has 0 aliphatic carbocycles. The molecule has 134 valence electrons. The Bertz CT molecular complexity index is 703. The van der Waals surface area contributed by atoms with Gasteiger partial charge >= 0.3 is 0 Å². The third-order valence-corrected chi connectivity index (χ3v) is 4.39. The standard InChI is InChI=1S/C20H24N2O2.ClH/c1-14-7-9-17(10-8-14)24-19-6-4-3-5-18(19)22-20(23)16-11-12-21-15(2)13-16;/h3-10,15-16,21H,11-13H2,1-2H3,(H,22,23);1H/t15-,16-;/m0./s1. The molecule has 2 aromatic rings. The van der Waals surface area contributed by atoms with E-state index in [1.54, 1.807) is 0 Å². The van der Waals surface area contributed by atoms with Crippen LogP contribution in [0.25, 0.3) is 0 Å². The number of anilines is 1. The first-order valence-corrected chi connectivity index (χ1v) is 8.49. The monoisotopic (exact) mass is 360 g/mol. The second-order valence-electron chi connectivity index (χ2n) is 6.48. The minimum atomic E-state index is 0. The molecule has 1 aliphatic heterocycles. The summed E-state index contributed by atoms with van der Waals surface area (Å²) in [4.78, 5) is 12.6. The number of nitrogens with one attached hydrogen (secondary N) is 2. The highest BCUT2D eigenvalue weighted by Crippen LogP contribution is 2.30. The van der Waals surface area contributed by atoms with Gasteiger partial charge in [0.15, 0.2) is 5.75 Å². The zero-order chi connectivity index (χ0) is 16.9. The summed E-state index contributed by atoms with van der Waals surface area (Å²) in [5, 5.41) is 6.42. The lowest BCUT2D eigenvalue weighted by Gasteiger charge is -2.27. The number of carbonyl (C=O) groups is 1. The number of aryl methyl sites for hydroxylation is 1. The number of halogens is 1. The summed E-state index contributed by atoms with van der Waals surface area (Å²) in [7, 11) is 0. The van der Waals surface area contributed by atoms with E-state index in [0.717, 1.165) is 25.1 Å². The van der Waals surface area contributed by atoms with Crippen molar-refractivity contribution in [1.29, 1.82) is 0 Å². The number of benzene rings is 2. The predicted molar refractivity (Wildman–Crippen MR) is 104 cm³/mol. The molecule has 2 N–H and O–H groups in total. The topological polar surface area (TPSA) is 50.4 Å². The molecule has 1 fully saturated rings. The lowest BCUT2D eigenvalue weighted by molar-refractivity contribution is -0.120. The SMILES string of the molecule is Cc1ccc(Oc2ccccc2NC(=O)[C@H]2CCN[C@@H](C)C2)cc1.Cl. The molecule has 0 spiro atoms. The predicted octanol–water partition coefficient (Wildman–Crippen LogP) is 4.54. The van der Waals surface area contributed by atoms with Crippen molar-refractivity contribution in [2.45, 2.75) is 32.7 Å². The van der Waals surface area contributed by atoms with Crippen molar-refractivity contribution in [2.24, 2.45) is 5.92 Å². The van der Waals surface area contributed by atoms with Gasteiger partial charge in [0.05, 0.1) is 5.69 Å². The number of ether oxygens (including phenoxy) is 1. The zero-order valence-electron chi connectivity index (χ0n) is 14.6. The number of hydrogen-bond acceptors (Lipinski definition) is 3. The maximum Gasteiger partial charge on any atom is 0.227 e. The van der Waals surface area contributed by atoms with Crippen LogP contribution in [-0.4, -0.2) is 18.5 Å². The van der Waals surface area contributed by atoms with Crippen LogP contribution in [0.4, 0.5) is 5.69 Å². The molecule has 1 heterocycles. The number of rotatable bonds is 4. The van der Waals surface area contributed by atoms with Crippen molar-refractivity contribution in [2.75, 3.05) is 11.9 Å². The van der Waals surface area contributed by atoms with Crippen molar-refractivity contribution in [3.8, 4) is 11.5 Å². The molecule has 1 aliphatic rings. The molecular weight excluding hydrogens is 336 g/mol. The number of piperidine rings is 1. The molecule has 1 saturated heterocycles. The van der Waals surface area contributed by atoms with Gasteiger partial charge in [-0.15, -0.1) is 12.4 Å². The van der Waals surface area contributed by atoms with Crippen molar-refractivity contribution in [1.82, 2.24) is 5.32 Å². The lowest BCUT2D eigenvalue weighted by atomic mass is 9.92. The third kappa shape index (κ3) is 5.21. The van der Waals surface area contributed by atoms with Crippen molar-refractivity contribution < 1.29 is 9.53 Å². The number of para-hydroxylation sites is 2. The summed E-state index contributed by atoms with van der Waals surface area (Å²) < 4.78 is 5.95. The average Bonchev–Trinajstić information content (AvgIpc) is 2.58. The average molecular weight is 361 g/mol. The molecule has 3 rings (SSSR count). The van der Waals surface area contributed by atoms with Crippen molar-refractivity contribution in [3.05, 3.63) is 54.1 Å². The molecule has 25 heavy (non-hydrogen) atoms. The van der Waals surface area contributed by atoms with Crippen LogP contribution in [0.5, 0.6) is 11.5 Å². The summed E-state index contributed by atoms with van der Waals surface area (Å²) in [6.07, 6.45) is 1.74. The van der Waals surface area contributed by atoms with E-state index in [9.17, 15) is 4.79 Å². The van der Waals surface area contributed by atoms with E-state index in [-0.39, 0.29) is 24.2 Å². The van der Waals surface area contributed by atoms with E-state index in [0.29, 0.717) is 17.5 Å². The largest absolute Gasteiger partial charge is 0.455 e. The minimum Gasteiger partial charge on any atom is -0.455 e. The van der Waals surface area contributed by atoms with Crippen LogP contribution in [0.15, 0.2) is 48.5 Å². The van der Waals surface area contributed by atoms with Crippen LogP contribution in [0.3, 0.4) is 0 Å². The Morgan fingerprint density at radius 2 is 1.88 bits per heavy atom. The van der Waals surface area contributed by atoms with Gasteiger partial charge in [-0.25, -0.2) is 0 Å². The fourth-order valence-electron chi connectivity index (χ4n) is 3.00. The Labute approximate surface area is 155 Å². The number of carbonyl (C=O) groups excluding carboxylic acids is 1. The maximum absolute atomic E-state index is 12.6. The Morgan fingerprint density at radius 1 is 1.16 bits per heavy atom. The van der Waals surface area contributed by atoms with Crippen LogP contribution < -0.4 is 15.4 Å². The van der Waals surface area contributed by atoms with E-state index < -0.39 is 0 Å². The number of hydrogen-bond donors (Lipinski definition) is 2. The zero-order valence-corrected chi connectivity index (χ0v) is 15.4. The van der Waals surface area contributed by atoms with E-state index in [1.807, 2.05) is 55.5 Å². The molecule has 4 nitrogen and oxygen atoms in total. The number of amides is 1. The molecule has 0 radical (unpaired) electrons. The first-order valence-electron chi connectivity index (χ1n) is 8.49. The Balaban J connectivity index is 0.00000225. The molecule has 2 aromatic carbocycles. The minimum absolute atomic E-state index is 0. The molecule has 0 aromatic heterocycles. The third-order valence-electron chi connectivity index (χ3n) is 4.39. The molecule has 1 amide bonds. The Hall–Kier alpha value is -2.04. The smallest absolute Gasteiger partial charge is 0.227 e. The lowest BCUT2D eigenvalue weighted by Crippen LogP contribution is -2.40. The molecule has 0 unspecified atom stereocenters. The summed E-state index contributed by atoms with van der Waals surface area (Å²) in [5.74, 6) is 1.55. The van der Waals surface area contributed by atoms with E-state index in [2.05, 4.69) is 17.6 Å². The fraction of sp³-hybridized carbons (Fsp3) is 0.350. The summed E-state index contributed by atoms with van der Waals surface area (Å²) in [6, 6.07) is 15.8. The highest BCUT2D eigenvalue weighted by Gasteiger charge is 2.25. The molecule has 0 saturated carbocycles. The van der Waals surface area contributed by atoms with Crippen LogP contribution in [0, 0.1) is 12.8 Å². The highest BCUT2D eigenvalue weighted by atomic mass is 35.5. The second kappa shape index (κ2) is 8.88. The molecule has 5 heteroatoms. The molecule has 0 bridgehead atoms. The van der Waals surface area contributed by atoms with Crippen LogP contribution in [0.1, 0.15) is 25.3 Å². The van der Waals surface area contributed by atoms with Crippen LogP contribution >= 0.6 is 12.4 Å². The van der Waals surface area contributed by atoms with Crippen LogP contribution in [-0.2, 0) is 4.79 Å². The van der Waals surface area contributed by atoms with Gasteiger partial charge in [0.2, 0.25) is 5.91 Å². The Morgan fingerprint density at radius 3 is 2.60 bits per heavy atom. The second-order valence-corrected chi connectivity index (χ2v) is 6.48. The molecular formula is C20H25ClN2O2. The van der Waals surface area contributed by atoms with Gasteiger partial charge in [-0.1, -0.05) is 29.8 Å². The van der Waals surface area contributed by atoms with E-state index >= 15 is 0 Å². The fourth-order valence-corrected chi connectivity index (χ4v) is 3.00. The summed E-state index contributed by atoms with van der Waals surface area (Å²) >= 11 is 0. The molecule has 2 atom stereocenters. The van der Waals surface area contributed by atoms with Crippen molar-refractivity contribution >= 4 is 24.0 Å². The van der Waals surface area contributed by atoms with Gasteiger partial charge in [0, 0.05) is 12.0 Å². The van der Waals surface area contributed by atoms with Gasteiger partial charge in [0.1, 0.15) is 5.75 Å². The van der Waals surface area contributed by atoms with E-state index in [1.165, 1.54) is 5.56 Å². The first kappa shape index (κ1) is 19.3. The maximum atomic E-state index is 12.6. The van der Waals surface area contributed by atoms with Gasteiger partial charge in [0.25, 0.3) is 0 Å². The quantitative estimate of drug-likeness (QED) is 0.841. The van der Waals surface area contributed by atoms with E-state index in [4.69, 9.17) is 4.74 Å². The first-order chi connectivity index (χ1) is 11.6. The summed E-state index contributed by atoms with van der Waals surface area (Å²) in [5.41, 5.74) is 1.90. The Kier molecular flexibility index (Phi) is 6.85. The highest BCUT2D eigenvalue weighted by molar-refractivity contribution is 5.94.